The molecule has 1 atom stereocenters. The summed E-state index contributed by atoms with van der Waals surface area (Å²) in [6, 6.07) is 18.6. The summed E-state index contributed by atoms with van der Waals surface area (Å²) in [6.07, 6.45) is 0. The number of ether oxygens (including phenoxy) is 1. The van der Waals surface area contributed by atoms with Gasteiger partial charge in [0.2, 0.25) is 0 Å². The Hall–Kier alpha value is -2.06. The second kappa shape index (κ2) is 6.92. The highest BCUT2D eigenvalue weighted by Gasteiger charge is 2.06. The summed E-state index contributed by atoms with van der Waals surface area (Å²) < 4.78 is 5.25. The van der Waals surface area contributed by atoms with Gasteiger partial charge in [-0.05, 0) is 35.8 Å². The molecule has 2 rings (SSSR count). The van der Waals surface area contributed by atoms with Crippen LogP contribution in [-0.4, -0.2) is 13.7 Å². The molecule has 20 heavy (non-hydrogen) atoms. The number of benzene rings is 2. The van der Waals surface area contributed by atoms with Crippen LogP contribution in [0.5, 0.6) is 5.75 Å². The average Bonchev–Trinajstić information content (AvgIpc) is 2.53. The van der Waals surface area contributed by atoms with Gasteiger partial charge in [-0.1, -0.05) is 49.0 Å². The molecule has 0 fully saturated rings. The molecule has 0 spiro atoms. The Morgan fingerprint density at radius 2 is 1.90 bits per heavy atom. The van der Waals surface area contributed by atoms with Gasteiger partial charge in [0.25, 0.3) is 0 Å². The minimum atomic E-state index is 0.255. The number of methoxy groups -OCH3 is 1. The average molecular weight is 267 g/mol. The fourth-order valence-corrected chi connectivity index (χ4v) is 2.08. The third kappa shape index (κ3) is 3.72. The highest BCUT2D eigenvalue weighted by Crippen LogP contribution is 2.19. The van der Waals surface area contributed by atoms with Crippen LogP contribution in [0.15, 0.2) is 61.2 Å². The van der Waals surface area contributed by atoms with E-state index in [0.717, 1.165) is 17.9 Å². The molecular weight excluding hydrogens is 246 g/mol. The van der Waals surface area contributed by atoms with Crippen LogP contribution in [-0.2, 0) is 0 Å². The van der Waals surface area contributed by atoms with E-state index in [1.807, 2.05) is 30.3 Å². The van der Waals surface area contributed by atoms with Gasteiger partial charge < -0.3 is 10.1 Å². The van der Waals surface area contributed by atoms with E-state index in [0.29, 0.717) is 0 Å². The monoisotopic (exact) mass is 267 g/mol. The van der Waals surface area contributed by atoms with Crippen molar-refractivity contribution in [1.29, 1.82) is 0 Å². The van der Waals surface area contributed by atoms with Crippen molar-refractivity contribution in [3.05, 3.63) is 72.3 Å². The molecule has 0 aliphatic heterocycles. The molecule has 2 heteroatoms. The topological polar surface area (TPSA) is 21.3 Å². The molecule has 0 aromatic heterocycles. The van der Waals surface area contributed by atoms with E-state index in [1.165, 1.54) is 11.1 Å². The highest BCUT2D eigenvalue weighted by atomic mass is 16.5. The molecule has 2 aromatic rings. The standard InChI is InChI=1S/C18H21NO/c1-14(16-8-5-4-6-9-16)13-19-15(2)17-10-7-11-18(12-17)20-3/h4-12,15,19H,1,13H2,2-3H3/t15-/m0/s1. The Morgan fingerprint density at radius 1 is 1.15 bits per heavy atom. The Labute approximate surface area is 121 Å². The lowest BCUT2D eigenvalue weighted by Gasteiger charge is -2.16. The van der Waals surface area contributed by atoms with Gasteiger partial charge >= 0.3 is 0 Å². The molecule has 0 saturated carbocycles. The molecule has 104 valence electrons. The zero-order valence-electron chi connectivity index (χ0n) is 12.1. The maximum atomic E-state index is 5.25. The van der Waals surface area contributed by atoms with E-state index in [4.69, 9.17) is 4.74 Å². The minimum absolute atomic E-state index is 0.255. The molecule has 2 aromatic carbocycles. The van der Waals surface area contributed by atoms with Crippen molar-refractivity contribution < 1.29 is 4.74 Å². The predicted octanol–water partition coefficient (Wildman–Crippen LogP) is 4.06. The van der Waals surface area contributed by atoms with E-state index in [9.17, 15) is 0 Å². The van der Waals surface area contributed by atoms with Crippen LogP contribution in [0.4, 0.5) is 0 Å². The molecule has 2 nitrogen and oxygen atoms in total. The van der Waals surface area contributed by atoms with Gasteiger partial charge in [0, 0.05) is 12.6 Å². The zero-order valence-corrected chi connectivity index (χ0v) is 12.1. The van der Waals surface area contributed by atoms with Crippen LogP contribution >= 0.6 is 0 Å². The first-order valence-electron chi connectivity index (χ1n) is 6.81. The second-order valence-corrected chi connectivity index (χ2v) is 4.85. The third-order valence-corrected chi connectivity index (χ3v) is 3.40. The number of hydrogen-bond acceptors (Lipinski definition) is 2. The molecule has 0 radical (unpaired) electrons. The van der Waals surface area contributed by atoms with Crippen molar-refractivity contribution in [2.75, 3.05) is 13.7 Å². The van der Waals surface area contributed by atoms with Crippen LogP contribution in [0, 0.1) is 0 Å². The number of rotatable bonds is 6. The molecule has 1 N–H and O–H groups in total. The number of hydrogen-bond donors (Lipinski definition) is 1. The van der Waals surface area contributed by atoms with Crippen molar-refractivity contribution >= 4 is 5.57 Å². The van der Waals surface area contributed by atoms with Crippen molar-refractivity contribution in [3.8, 4) is 5.75 Å². The SMILES string of the molecule is C=C(CN[C@@H](C)c1cccc(OC)c1)c1ccccc1. The quantitative estimate of drug-likeness (QED) is 0.852. The minimum Gasteiger partial charge on any atom is -0.497 e. The zero-order chi connectivity index (χ0) is 14.4. The van der Waals surface area contributed by atoms with Crippen molar-refractivity contribution in [3.63, 3.8) is 0 Å². The van der Waals surface area contributed by atoms with E-state index in [2.05, 4.69) is 43.1 Å². The fourth-order valence-electron chi connectivity index (χ4n) is 2.08. The summed E-state index contributed by atoms with van der Waals surface area (Å²) in [5, 5.41) is 3.49. The first kappa shape index (κ1) is 14.4. The Balaban J connectivity index is 1.95. The predicted molar refractivity (Wildman–Crippen MR) is 84.9 cm³/mol. The van der Waals surface area contributed by atoms with E-state index in [1.54, 1.807) is 7.11 Å². The van der Waals surface area contributed by atoms with E-state index < -0.39 is 0 Å². The maximum Gasteiger partial charge on any atom is 0.119 e. The van der Waals surface area contributed by atoms with Crippen LogP contribution < -0.4 is 10.1 Å². The molecule has 0 amide bonds. The van der Waals surface area contributed by atoms with Gasteiger partial charge in [-0.3, -0.25) is 0 Å². The molecule has 0 aliphatic rings. The van der Waals surface area contributed by atoms with Crippen LogP contribution in [0.1, 0.15) is 24.1 Å². The third-order valence-electron chi connectivity index (χ3n) is 3.40. The van der Waals surface area contributed by atoms with E-state index >= 15 is 0 Å². The van der Waals surface area contributed by atoms with Gasteiger partial charge in [0.15, 0.2) is 0 Å². The highest BCUT2D eigenvalue weighted by molar-refractivity contribution is 5.64. The smallest absolute Gasteiger partial charge is 0.119 e. The molecule has 0 unspecified atom stereocenters. The summed E-state index contributed by atoms with van der Waals surface area (Å²) in [4.78, 5) is 0. The number of nitrogens with one attached hydrogen (secondary N) is 1. The second-order valence-electron chi connectivity index (χ2n) is 4.85. The van der Waals surface area contributed by atoms with Gasteiger partial charge in [0.1, 0.15) is 5.75 Å². The first-order chi connectivity index (χ1) is 9.70. The Kier molecular flexibility index (Phi) is 4.97. The largest absolute Gasteiger partial charge is 0.497 e. The molecule has 0 bridgehead atoms. The molecule has 0 saturated heterocycles. The lowest BCUT2D eigenvalue weighted by atomic mass is 10.1. The van der Waals surface area contributed by atoms with Gasteiger partial charge in [-0.2, -0.15) is 0 Å². The van der Waals surface area contributed by atoms with Gasteiger partial charge in [0.05, 0.1) is 7.11 Å². The Bertz CT molecular complexity index is 563. The fraction of sp³-hybridized carbons (Fsp3) is 0.222. The summed E-state index contributed by atoms with van der Waals surface area (Å²) in [7, 11) is 1.69. The lowest BCUT2D eigenvalue weighted by molar-refractivity contribution is 0.413. The summed E-state index contributed by atoms with van der Waals surface area (Å²) >= 11 is 0. The van der Waals surface area contributed by atoms with Crippen molar-refractivity contribution in [1.82, 2.24) is 5.32 Å². The molecule has 0 aliphatic carbocycles. The first-order valence-corrected chi connectivity index (χ1v) is 6.81. The van der Waals surface area contributed by atoms with Gasteiger partial charge in [-0.25, -0.2) is 0 Å². The molecular formula is C18H21NO. The van der Waals surface area contributed by atoms with Crippen LogP contribution in [0.25, 0.3) is 5.57 Å². The summed E-state index contributed by atoms with van der Waals surface area (Å²) in [6.45, 7) is 7.05. The summed E-state index contributed by atoms with van der Waals surface area (Å²) in [5.74, 6) is 0.887. The maximum absolute atomic E-state index is 5.25. The normalized spacial score (nSPS) is 11.9. The molecule has 0 heterocycles. The Morgan fingerprint density at radius 3 is 2.60 bits per heavy atom. The summed E-state index contributed by atoms with van der Waals surface area (Å²) in [5.41, 5.74) is 3.49. The van der Waals surface area contributed by atoms with Crippen LogP contribution in [0.2, 0.25) is 0 Å². The van der Waals surface area contributed by atoms with Crippen molar-refractivity contribution in [2.24, 2.45) is 0 Å². The lowest BCUT2D eigenvalue weighted by Crippen LogP contribution is -2.20. The van der Waals surface area contributed by atoms with E-state index in [-0.39, 0.29) is 6.04 Å². The van der Waals surface area contributed by atoms with Crippen LogP contribution in [0.3, 0.4) is 0 Å². The van der Waals surface area contributed by atoms with Crippen molar-refractivity contribution in [2.45, 2.75) is 13.0 Å². The van der Waals surface area contributed by atoms with Gasteiger partial charge in [-0.15, -0.1) is 0 Å².